The zero-order valence-electron chi connectivity index (χ0n) is 36.8. The van der Waals surface area contributed by atoms with Gasteiger partial charge in [-0.2, -0.15) is 0 Å². The van der Waals surface area contributed by atoms with Crippen LogP contribution in [0.2, 0.25) is 0 Å². The molecule has 1 aliphatic heterocycles. The first-order valence-electron chi connectivity index (χ1n) is 21.2. The Balaban J connectivity index is 0.000000664. The molecule has 4 N–H and O–H groups in total. The molecule has 1 atom stereocenters. The fraction of sp³-hybridized carbons (Fsp3) is 1.00. The maximum Gasteiger partial charge on any atom is 0.123 e. The van der Waals surface area contributed by atoms with Crippen molar-refractivity contribution in [2.75, 3.05) is 46.0 Å². The lowest BCUT2D eigenvalue weighted by atomic mass is 9.73. The van der Waals surface area contributed by atoms with Gasteiger partial charge in [0.05, 0.1) is 25.9 Å². The van der Waals surface area contributed by atoms with E-state index in [-0.39, 0.29) is 30.1 Å². The van der Waals surface area contributed by atoms with Crippen molar-refractivity contribution in [3.63, 3.8) is 0 Å². The number of rotatable bonds is 8. The van der Waals surface area contributed by atoms with Crippen LogP contribution in [0.15, 0.2) is 0 Å². The standard InChI is InChI=1S/C13H27N.C11H22FN.C11H23N.C9H19NO2.CH4/c1-12(2,3)14-10-11-6-8-13(4,5)9-7-11;1-10(2,3)13-9-11(12)7-5-4-6-8-11;1-11(2,3)12-9-10-7-5-4-6-8-10;1-9(2,3)10-6-8-7-11-4-5-12-8;/h11,14H,6-10H2,1-5H3;13H,4-9H2,1-3H3;10,12H,4-9H2,1-3H3;8,10H,4-7H2,1-3H3;1H4. The number of nitrogens with one attached hydrogen (secondary N) is 4. The van der Waals surface area contributed by atoms with Crippen LogP contribution >= 0.6 is 0 Å². The summed E-state index contributed by atoms with van der Waals surface area (Å²) in [4.78, 5) is 0. The molecule has 4 aliphatic rings. The number of halogens is 1. The van der Waals surface area contributed by atoms with Gasteiger partial charge >= 0.3 is 0 Å². The van der Waals surface area contributed by atoms with Crippen LogP contribution in [0.25, 0.3) is 0 Å². The van der Waals surface area contributed by atoms with Crippen molar-refractivity contribution < 1.29 is 13.9 Å². The fourth-order valence-electron chi connectivity index (χ4n) is 6.82. The summed E-state index contributed by atoms with van der Waals surface area (Å²) in [6.07, 6.45) is 18.0. The predicted molar refractivity (Wildman–Crippen MR) is 228 cm³/mol. The highest BCUT2D eigenvalue weighted by Crippen LogP contribution is 2.37. The second-order valence-corrected chi connectivity index (χ2v) is 21.4. The number of alkyl halides is 1. The third-order valence-corrected chi connectivity index (χ3v) is 10.5. The van der Waals surface area contributed by atoms with Gasteiger partial charge in [-0.05, 0) is 165 Å². The van der Waals surface area contributed by atoms with E-state index in [4.69, 9.17) is 9.47 Å². The molecule has 0 spiro atoms. The topological polar surface area (TPSA) is 66.6 Å². The van der Waals surface area contributed by atoms with E-state index in [2.05, 4.69) is 118 Å². The van der Waals surface area contributed by atoms with Gasteiger partial charge in [-0.15, -0.1) is 0 Å². The van der Waals surface area contributed by atoms with Crippen molar-refractivity contribution in [3.05, 3.63) is 0 Å². The Morgan fingerprint density at radius 3 is 1.38 bits per heavy atom. The van der Waals surface area contributed by atoms with Gasteiger partial charge in [0, 0.05) is 35.2 Å². The molecule has 0 aromatic rings. The summed E-state index contributed by atoms with van der Waals surface area (Å²) in [6, 6.07) is 0. The Hall–Kier alpha value is -0.310. The summed E-state index contributed by atoms with van der Waals surface area (Å²) in [5.74, 6) is 1.88. The average molecular weight is 743 g/mol. The summed E-state index contributed by atoms with van der Waals surface area (Å²) < 4.78 is 24.8. The van der Waals surface area contributed by atoms with E-state index in [0.717, 1.165) is 63.9 Å². The molecule has 0 radical (unpaired) electrons. The van der Waals surface area contributed by atoms with Gasteiger partial charge in [0.15, 0.2) is 0 Å². The highest BCUT2D eigenvalue weighted by Gasteiger charge is 2.32. The SMILES string of the molecule is C.CC(C)(C)NCC1(F)CCCCC1.CC(C)(C)NCC1CCCCC1.CC(C)(C)NCC1COCCO1.CC1(C)CCC(CNC(C)(C)C)CC1. The van der Waals surface area contributed by atoms with E-state index in [0.29, 0.717) is 17.5 Å². The molecule has 1 unspecified atom stereocenters. The molecule has 52 heavy (non-hydrogen) atoms. The summed E-state index contributed by atoms with van der Waals surface area (Å²) >= 11 is 0. The van der Waals surface area contributed by atoms with E-state index in [1.807, 2.05) is 0 Å². The molecular formula is C45H95FN4O2. The van der Waals surface area contributed by atoms with Crippen molar-refractivity contribution in [3.8, 4) is 0 Å². The highest BCUT2D eigenvalue weighted by atomic mass is 19.1. The van der Waals surface area contributed by atoms with Gasteiger partial charge in [-0.1, -0.05) is 59.8 Å². The summed E-state index contributed by atoms with van der Waals surface area (Å²) in [5, 5.41) is 13.9. The van der Waals surface area contributed by atoms with Crippen LogP contribution in [-0.2, 0) is 9.47 Å². The molecule has 4 fully saturated rings. The maximum absolute atomic E-state index is 14.0. The minimum absolute atomic E-state index is 0. The molecule has 314 valence electrons. The van der Waals surface area contributed by atoms with Crippen molar-refractivity contribution in [1.29, 1.82) is 0 Å². The number of hydrogen-bond donors (Lipinski definition) is 4. The first kappa shape index (κ1) is 51.7. The van der Waals surface area contributed by atoms with Crippen LogP contribution in [0.3, 0.4) is 0 Å². The van der Waals surface area contributed by atoms with Crippen molar-refractivity contribution in [2.45, 2.75) is 228 Å². The summed E-state index contributed by atoms with van der Waals surface area (Å²) in [5.41, 5.74) is 0.478. The Kier molecular flexibility index (Phi) is 24.2. The van der Waals surface area contributed by atoms with Crippen LogP contribution in [0.1, 0.15) is 194 Å². The third-order valence-electron chi connectivity index (χ3n) is 10.5. The molecule has 1 saturated heterocycles. The number of ether oxygens (including phenoxy) is 2. The molecule has 3 saturated carbocycles. The van der Waals surface area contributed by atoms with Crippen LogP contribution < -0.4 is 21.3 Å². The molecule has 0 bridgehead atoms. The molecule has 0 aromatic carbocycles. The fourth-order valence-corrected chi connectivity index (χ4v) is 6.82. The van der Waals surface area contributed by atoms with Crippen molar-refractivity contribution in [2.24, 2.45) is 17.3 Å². The molecule has 1 heterocycles. The molecule has 3 aliphatic carbocycles. The highest BCUT2D eigenvalue weighted by molar-refractivity contribution is 4.87. The Morgan fingerprint density at radius 1 is 0.538 bits per heavy atom. The van der Waals surface area contributed by atoms with E-state index < -0.39 is 5.67 Å². The smallest absolute Gasteiger partial charge is 0.123 e. The zero-order chi connectivity index (χ0) is 38.8. The average Bonchev–Trinajstić information content (AvgIpc) is 3.02. The predicted octanol–water partition coefficient (Wildman–Crippen LogP) is 11.0. The maximum atomic E-state index is 14.0. The Bertz CT molecular complexity index is 824. The van der Waals surface area contributed by atoms with Crippen LogP contribution in [0.5, 0.6) is 0 Å². The first-order chi connectivity index (χ1) is 23.4. The molecule has 4 rings (SSSR count). The van der Waals surface area contributed by atoms with E-state index in [9.17, 15) is 4.39 Å². The third kappa shape index (κ3) is 30.0. The molecule has 0 aromatic heterocycles. The monoisotopic (exact) mass is 743 g/mol. The van der Waals surface area contributed by atoms with Crippen LogP contribution in [-0.4, -0.2) is 79.9 Å². The lowest BCUT2D eigenvalue weighted by Crippen LogP contribution is -2.46. The Morgan fingerprint density at radius 2 is 0.962 bits per heavy atom. The van der Waals surface area contributed by atoms with E-state index in [1.165, 1.54) is 77.3 Å². The first-order valence-corrected chi connectivity index (χ1v) is 21.2. The van der Waals surface area contributed by atoms with Gasteiger partial charge in [0.25, 0.3) is 0 Å². The summed E-state index contributed by atoms with van der Waals surface area (Å²) in [7, 11) is 0. The van der Waals surface area contributed by atoms with Crippen molar-refractivity contribution >= 4 is 0 Å². The van der Waals surface area contributed by atoms with Crippen LogP contribution in [0, 0.1) is 17.3 Å². The van der Waals surface area contributed by atoms with Gasteiger partial charge in [0.1, 0.15) is 5.67 Å². The zero-order valence-corrected chi connectivity index (χ0v) is 36.8. The lowest BCUT2D eigenvalue weighted by molar-refractivity contribution is -0.0878. The minimum atomic E-state index is -0.925. The van der Waals surface area contributed by atoms with Gasteiger partial charge in [0.2, 0.25) is 0 Å². The summed E-state index contributed by atoms with van der Waals surface area (Å²) in [6.45, 7) is 37.0. The van der Waals surface area contributed by atoms with Gasteiger partial charge in [-0.3, -0.25) is 0 Å². The molecule has 7 heteroatoms. The lowest BCUT2D eigenvalue weighted by Gasteiger charge is -2.35. The van der Waals surface area contributed by atoms with E-state index >= 15 is 0 Å². The largest absolute Gasteiger partial charge is 0.376 e. The molecule has 6 nitrogen and oxygen atoms in total. The van der Waals surface area contributed by atoms with Crippen molar-refractivity contribution in [1.82, 2.24) is 21.3 Å². The quantitative estimate of drug-likeness (QED) is 0.199. The Labute approximate surface area is 325 Å². The molecule has 0 amide bonds. The second-order valence-electron chi connectivity index (χ2n) is 21.4. The molecular weight excluding hydrogens is 648 g/mol. The van der Waals surface area contributed by atoms with Gasteiger partial charge < -0.3 is 30.7 Å². The minimum Gasteiger partial charge on any atom is -0.376 e. The van der Waals surface area contributed by atoms with E-state index in [1.54, 1.807) is 0 Å². The van der Waals surface area contributed by atoms with Crippen LogP contribution in [0.4, 0.5) is 4.39 Å². The number of hydrogen-bond acceptors (Lipinski definition) is 6. The second kappa shape index (κ2) is 24.4. The van der Waals surface area contributed by atoms with Gasteiger partial charge in [-0.25, -0.2) is 4.39 Å². The normalized spacial score (nSPS) is 23.0.